The zero-order valence-electron chi connectivity index (χ0n) is 8.92. The molecule has 1 rings (SSSR count). The molecular formula is C11H21IO. The summed E-state index contributed by atoms with van der Waals surface area (Å²) in [6.07, 6.45) is 4.28. The predicted octanol–water partition coefficient (Wildman–Crippen LogP) is 3.65. The topological polar surface area (TPSA) is 9.23 Å². The van der Waals surface area contributed by atoms with Crippen LogP contribution in [0, 0.1) is 11.8 Å². The lowest BCUT2D eigenvalue weighted by Crippen LogP contribution is -2.37. The third kappa shape index (κ3) is 3.39. The molecule has 0 saturated carbocycles. The summed E-state index contributed by atoms with van der Waals surface area (Å²) in [5.74, 6) is 1.55. The maximum absolute atomic E-state index is 5.86. The maximum Gasteiger partial charge on any atom is 0.0615 e. The van der Waals surface area contributed by atoms with E-state index in [0.29, 0.717) is 6.10 Å². The molecule has 3 atom stereocenters. The fraction of sp³-hybridized carbons (Fsp3) is 1.00. The van der Waals surface area contributed by atoms with Gasteiger partial charge in [-0.2, -0.15) is 0 Å². The fourth-order valence-electron chi connectivity index (χ4n) is 2.13. The summed E-state index contributed by atoms with van der Waals surface area (Å²) in [7, 11) is 0. The smallest absolute Gasteiger partial charge is 0.0615 e. The fourth-order valence-corrected chi connectivity index (χ4v) is 3.35. The van der Waals surface area contributed by atoms with Crippen molar-refractivity contribution < 1.29 is 4.74 Å². The van der Waals surface area contributed by atoms with Gasteiger partial charge in [0.15, 0.2) is 0 Å². The van der Waals surface area contributed by atoms with Crippen molar-refractivity contribution >= 4 is 22.6 Å². The van der Waals surface area contributed by atoms with Crippen molar-refractivity contribution in [1.29, 1.82) is 0 Å². The second kappa shape index (κ2) is 5.54. The molecule has 0 unspecified atom stereocenters. The zero-order valence-corrected chi connectivity index (χ0v) is 11.1. The number of hydrogen-bond donors (Lipinski definition) is 0. The van der Waals surface area contributed by atoms with E-state index in [-0.39, 0.29) is 0 Å². The molecule has 1 saturated heterocycles. The molecular weight excluding hydrogens is 275 g/mol. The Morgan fingerprint density at radius 2 is 2.15 bits per heavy atom. The first-order valence-corrected chi connectivity index (χ1v) is 6.65. The summed E-state index contributed by atoms with van der Waals surface area (Å²) in [5.41, 5.74) is 0. The normalized spacial score (nSPS) is 35.3. The maximum atomic E-state index is 5.86. The molecule has 0 aromatic rings. The third-order valence-corrected chi connectivity index (χ3v) is 4.39. The van der Waals surface area contributed by atoms with Crippen LogP contribution in [0.4, 0.5) is 0 Å². The molecule has 1 aliphatic heterocycles. The SMILES string of the molecule is CC[C@@H]1[C@H](CC(C)C)OCC[C@@H]1I. The van der Waals surface area contributed by atoms with Crippen molar-refractivity contribution in [2.45, 2.75) is 50.1 Å². The molecule has 2 heteroatoms. The van der Waals surface area contributed by atoms with Crippen LogP contribution in [0.2, 0.25) is 0 Å². The Hall–Kier alpha value is 0.690. The van der Waals surface area contributed by atoms with Crippen LogP contribution in [0.25, 0.3) is 0 Å². The summed E-state index contributed by atoms with van der Waals surface area (Å²) in [6, 6.07) is 0. The first-order chi connectivity index (χ1) is 6.15. The van der Waals surface area contributed by atoms with Gasteiger partial charge < -0.3 is 4.74 Å². The van der Waals surface area contributed by atoms with Crippen molar-refractivity contribution in [3.8, 4) is 0 Å². The van der Waals surface area contributed by atoms with Crippen LogP contribution in [0.5, 0.6) is 0 Å². The van der Waals surface area contributed by atoms with Crippen LogP contribution >= 0.6 is 22.6 Å². The molecule has 0 radical (unpaired) electrons. The Labute approximate surface area is 95.8 Å². The highest BCUT2D eigenvalue weighted by Crippen LogP contribution is 2.32. The van der Waals surface area contributed by atoms with Crippen molar-refractivity contribution in [1.82, 2.24) is 0 Å². The molecule has 0 spiro atoms. The van der Waals surface area contributed by atoms with E-state index < -0.39 is 0 Å². The molecule has 1 fully saturated rings. The number of ether oxygens (including phenoxy) is 1. The van der Waals surface area contributed by atoms with Gasteiger partial charge in [0.05, 0.1) is 6.10 Å². The van der Waals surface area contributed by atoms with Crippen LogP contribution < -0.4 is 0 Å². The van der Waals surface area contributed by atoms with Crippen molar-refractivity contribution in [3.05, 3.63) is 0 Å². The molecule has 1 heterocycles. The molecule has 13 heavy (non-hydrogen) atoms. The quantitative estimate of drug-likeness (QED) is 0.570. The van der Waals surface area contributed by atoms with Crippen LogP contribution in [0.3, 0.4) is 0 Å². The van der Waals surface area contributed by atoms with Crippen LogP contribution in [0.15, 0.2) is 0 Å². The van der Waals surface area contributed by atoms with Gasteiger partial charge in [0.25, 0.3) is 0 Å². The average molecular weight is 296 g/mol. The molecule has 0 N–H and O–H groups in total. The van der Waals surface area contributed by atoms with E-state index in [2.05, 4.69) is 43.4 Å². The first-order valence-electron chi connectivity index (χ1n) is 5.40. The number of alkyl halides is 1. The molecule has 0 amide bonds. The largest absolute Gasteiger partial charge is 0.378 e. The molecule has 1 aliphatic rings. The summed E-state index contributed by atoms with van der Waals surface area (Å²) in [5, 5.41) is 0. The lowest BCUT2D eigenvalue weighted by Gasteiger charge is -2.36. The lowest BCUT2D eigenvalue weighted by molar-refractivity contribution is -0.0319. The van der Waals surface area contributed by atoms with Gasteiger partial charge in [0.2, 0.25) is 0 Å². The Kier molecular flexibility index (Phi) is 5.01. The van der Waals surface area contributed by atoms with E-state index in [1.54, 1.807) is 0 Å². The van der Waals surface area contributed by atoms with Gasteiger partial charge in [-0.15, -0.1) is 0 Å². The Morgan fingerprint density at radius 1 is 1.46 bits per heavy atom. The molecule has 1 nitrogen and oxygen atoms in total. The van der Waals surface area contributed by atoms with Gasteiger partial charge >= 0.3 is 0 Å². The van der Waals surface area contributed by atoms with Gasteiger partial charge in [-0.05, 0) is 31.1 Å². The Morgan fingerprint density at radius 3 is 2.69 bits per heavy atom. The Bertz CT molecular complexity index is 147. The van der Waals surface area contributed by atoms with Crippen LogP contribution in [-0.4, -0.2) is 16.6 Å². The second-order valence-corrected chi connectivity index (χ2v) is 6.02. The highest BCUT2D eigenvalue weighted by molar-refractivity contribution is 14.1. The Balaban J connectivity index is 2.49. The first kappa shape index (κ1) is 11.8. The molecule has 0 aromatic carbocycles. The molecule has 0 aliphatic carbocycles. The van der Waals surface area contributed by atoms with Gasteiger partial charge in [-0.25, -0.2) is 0 Å². The predicted molar refractivity (Wildman–Crippen MR) is 65.4 cm³/mol. The monoisotopic (exact) mass is 296 g/mol. The lowest BCUT2D eigenvalue weighted by atomic mass is 9.87. The van der Waals surface area contributed by atoms with Crippen LogP contribution in [-0.2, 0) is 4.74 Å². The van der Waals surface area contributed by atoms with Crippen molar-refractivity contribution in [2.75, 3.05) is 6.61 Å². The van der Waals surface area contributed by atoms with Gasteiger partial charge in [0, 0.05) is 10.5 Å². The molecule has 78 valence electrons. The van der Waals surface area contributed by atoms with E-state index in [0.717, 1.165) is 22.4 Å². The molecule has 0 bridgehead atoms. The number of rotatable bonds is 3. The summed E-state index contributed by atoms with van der Waals surface area (Å²) < 4.78 is 6.69. The minimum Gasteiger partial charge on any atom is -0.378 e. The van der Waals surface area contributed by atoms with E-state index in [9.17, 15) is 0 Å². The zero-order chi connectivity index (χ0) is 9.84. The summed E-state index contributed by atoms with van der Waals surface area (Å²) in [6.45, 7) is 7.83. The van der Waals surface area contributed by atoms with Crippen molar-refractivity contribution in [3.63, 3.8) is 0 Å². The standard InChI is InChI=1S/C11H21IO/c1-4-9-10(12)5-6-13-11(9)7-8(2)3/h8-11H,4-7H2,1-3H3/t9-,10-,11-/m0/s1. The average Bonchev–Trinajstić information content (AvgIpc) is 2.03. The van der Waals surface area contributed by atoms with E-state index in [4.69, 9.17) is 4.74 Å². The van der Waals surface area contributed by atoms with Crippen molar-refractivity contribution in [2.24, 2.45) is 11.8 Å². The van der Waals surface area contributed by atoms with E-state index in [1.807, 2.05) is 0 Å². The molecule has 0 aromatic heterocycles. The van der Waals surface area contributed by atoms with E-state index >= 15 is 0 Å². The van der Waals surface area contributed by atoms with Gasteiger partial charge in [-0.3, -0.25) is 0 Å². The minimum atomic E-state index is 0.528. The minimum absolute atomic E-state index is 0.528. The highest BCUT2D eigenvalue weighted by Gasteiger charge is 2.31. The van der Waals surface area contributed by atoms with Gasteiger partial charge in [0.1, 0.15) is 0 Å². The van der Waals surface area contributed by atoms with Crippen LogP contribution in [0.1, 0.15) is 40.0 Å². The summed E-state index contributed by atoms with van der Waals surface area (Å²) >= 11 is 2.60. The number of hydrogen-bond acceptors (Lipinski definition) is 1. The van der Waals surface area contributed by atoms with Gasteiger partial charge in [-0.1, -0.05) is 43.4 Å². The number of halogens is 1. The van der Waals surface area contributed by atoms with E-state index in [1.165, 1.54) is 19.3 Å². The third-order valence-electron chi connectivity index (χ3n) is 2.84. The summed E-state index contributed by atoms with van der Waals surface area (Å²) in [4.78, 5) is 0. The second-order valence-electron chi connectivity index (χ2n) is 4.42. The highest BCUT2D eigenvalue weighted by atomic mass is 127.